The predicted octanol–water partition coefficient (Wildman–Crippen LogP) is 1.68. The summed E-state index contributed by atoms with van der Waals surface area (Å²) >= 11 is 0. The first-order valence-corrected chi connectivity index (χ1v) is 5.99. The van der Waals surface area contributed by atoms with Gasteiger partial charge in [-0.2, -0.15) is 0 Å². The summed E-state index contributed by atoms with van der Waals surface area (Å²) in [4.78, 5) is 24.6. The van der Waals surface area contributed by atoms with Crippen molar-refractivity contribution in [3.05, 3.63) is 0 Å². The van der Waals surface area contributed by atoms with E-state index in [1.165, 1.54) is 0 Å². The third-order valence-corrected chi connectivity index (χ3v) is 3.32. The van der Waals surface area contributed by atoms with Gasteiger partial charge in [-0.15, -0.1) is 0 Å². The molecule has 0 radical (unpaired) electrons. The van der Waals surface area contributed by atoms with Crippen LogP contribution in [0.5, 0.6) is 0 Å². The molecule has 17 heavy (non-hydrogen) atoms. The molecule has 0 aromatic heterocycles. The Labute approximate surface area is 102 Å². The summed E-state index contributed by atoms with van der Waals surface area (Å²) in [5.41, 5.74) is -0.498. The first kappa shape index (κ1) is 13.8. The molecule has 0 aromatic rings. The molecule has 1 fully saturated rings. The predicted molar refractivity (Wildman–Crippen MR) is 64.8 cm³/mol. The third-order valence-electron chi connectivity index (χ3n) is 3.32. The second kappa shape index (κ2) is 4.94. The van der Waals surface area contributed by atoms with Crippen LogP contribution >= 0.6 is 0 Å². The van der Waals surface area contributed by atoms with Gasteiger partial charge in [-0.3, -0.25) is 0 Å². The highest BCUT2D eigenvalue weighted by atomic mass is 16.4. The van der Waals surface area contributed by atoms with Gasteiger partial charge in [0.1, 0.15) is 6.04 Å². The highest BCUT2D eigenvalue weighted by Gasteiger charge is 2.35. The minimum atomic E-state index is -0.993. The first-order chi connectivity index (χ1) is 7.73. The van der Waals surface area contributed by atoms with Crippen LogP contribution < -0.4 is 5.32 Å². The minimum Gasteiger partial charge on any atom is -0.480 e. The summed E-state index contributed by atoms with van der Waals surface area (Å²) in [6.45, 7) is 5.40. The Morgan fingerprint density at radius 3 is 2.18 bits per heavy atom. The maximum atomic E-state index is 11.9. The molecule has 2 N–H and O–H groups in total. The maximum absolute atomic E-state index is 11.9. The molecule has 1 saturated carbocycles. The highest BCUT2D eigenvalue weighted by Crippen LogP contribution is 2.24. The smallest absolute Gasteiger partial charge is 0.326 e. The van der Waals surface area contributed by atoms with E-state index in [1.807, 2.05) is 0 Å². The van der Waals surface area contributed by atoms with Gasteiger partial charge in [-0.05, 0) is 24.7 Å². The zero-order chi connectivity index (χ0) is 13.2. The van der Waals surface area contributed by atoms with E-state index in [0.717, 1.165) is 19.3 Å². The van der Waals surface area contributed by atoms with Gasteiger partial charge in [0.05, 0.1) is 0 Å². The number of rotatable bonds is 3. The number of aliphatic carboxylic acids is 1. The van der Waals surface area contributed by atoms with Gasteiger partial charge >= 0.3 is 12.0 Å². The summed E-state index contributed by atoms with van der Waals surface area (Å²) < 4.78 is 0. The van der Waals surface area contributed by atoms with E-state index >= 15 is 0 Å². The Morgan fingerprint density at radius 2 is 1.88 bits per heavy atom. The average molecular weight is 242 g/mol. The molecule has 0 spiro atoms. The topological polar surface area (TPSA) is 69.6 Å². The molecule has 1 aliphatic carbocycles. The fraction of sp³-hybridized carbons (Fsp3) is 0.833. The van der Waals surface area contributed by atoms with Gasteiger partial charge in [0.15, 0.2) is 0 Å². The van der Waals surface area contributed by atoms with Crippen LogP contribution in [0.3, 0.4) is 0 Å². The Hall–Kier alpha value is -1.26. The lowest BCUT2D eigenvalue weighted by molar-refractivity contribution is -0.142. The molecule has 0 saturated heterocycles. The number of urea groups is 1. The molecule has 1 rings (SSSR count). The van der Waals surface area contributed by atoms with E-state index < -0.39 is 17.4 Å². The van der Waals surface area contributed by atoms with E-state index in [2.05, 4.69) is 5.32 Å². The van der Waals surface area contributed by atoms with Crippen LogP contribution in [0, 0.1) is 5.41 Å². The molecule has 0 unspecified atom stereocenters. The second-order valence-corrected chi connectivity index (χ2v) is 5.78. The van der Waals surface area contributed by atoms with Crippen molar-refractivity contribution in [3.63, 3.8) is 0 Å². The first-order valence-electron chi connectivity index (χ1n) is 5.99. The molecule has 2 amide bonds. The van der Waals surface area contributed by atoms with Crippen molar-refractivity contribution in [1.82, 2.24) is 10.2 Å². The van der Waals surface area contributed by atoms with Crippen molar-refractivity contribution in [1.29, 1.82) is 0 Å². The lowest BCUT2D eigenvalue weighted by Gasteiger charge is -2.36. The van der Waals surface area contributed by atoms with Crippen LogP contribution in [0.1, 0.15) is 40.0 Å². The van der Waals surface area contributed by atoms with Gasteiger partial charge in [0.2, 0.25) is 0 Å². The van der Waals surface area contributed by atoms with E-state index in [9.17, 15) is 9.59 Å². The summed E-state index contributed by atoms with van der Waals surface area (Å²) in [7, 11) is 1.72. The number of carboxylic acids is 1. The molecular weight excluding hydrogens is 220 g/mol. The zero-order valence-corrected chi connectivity index (χ0v) is 11.0. The number of carbonyl (C=O) groups excluding carboxylic acids is 1. The van der Waals surface area contributed by atoms with Gasteiger partial charge in [0, 0.05) is 13.1 Å². The summed E-state index contributed by atoms with van der Waals surface area (Å²) in [6, 6.07) is -0.890. The lowest BCUT2D eigenvalue weighted by Crippen LogP contribution is -2.55. The number of nitrogens with zero attached hydrogens (tertiary/aromatic N) is 1. The number of hydrogen-bond donors (Lipinski definition) is 2. The van der Waals surface area contributed by atoms with Gasteiger partial charge < -0.3 is 15.3 Å². The molecule has 5 heteroatoms. The van der Waals surface area contributed by atoms with Crippen molar-refractivity contribution in [3.8, 4) is 0 Å². The van der Waals surface area contributed by atoms with Crippen LogP contribution in [0.25, 0.3) is 0 Å². The molecule has 1 atom stereocenters. The Bertz CT molecular complexity index is 305. The molecule has 0 heterocycles. The highest BCUT2D eigenvalue weighted by molar-refractivity contribution is 5.83. The minimum absolute atomic E-state index is 0.268. The van der Waals surface area contributed by atoms with Crippen molar-refractivity contribution in [2.75, 3.05) is 7.05 Å². The third kappa shape index (κ3) is 3.35. The van der Waals surface area contributed by atoms with Crippen molar-refractivity contribution in [2.24, 2.45) is 5.41 Å². The van der Waals surface area contributed by atoms with Gasteiger partial charge in [0.25, 0.3) is 0 Å². The van der Waals surface area contributed by atoms with E-state index in [-0.39, 0.29) is 12.1 Å². The summed E-state index contributed by atoms with van der Waals surface area (Å²) in [5.74, 6) is -0.993. The number of hydrogen-bond acceptors (Lipinski definition) is 2. The van der Waals surface area contributed by atoms with Crippen molar-refractivity contribution >= 4 is 12.0 Å². The lowest BCUT2D eigenvalue weighted by atomic mass is 9.87. The van der Waals surface area contributed by atoms with Crippen LogP contribution in [0.15, 0.2) is 0 Å². The van der Waals surface area contributed by atoms with Gasteiger partial charge in [-0.25, -0.2) is 9.59 Å². The largest absolute Gasteiger partial charge is 0.480 e. The number of amides is 2. The van der Waals surface area contributed by atoms with Crippen molar-refractivity contribution < 1.29 is 14.7 Å². The summed E-state index contributed by atoms with van der Waals surface area (Å²) in [5, 5.41) is 11.7. The van der Waals surface area contributed by atoms with Crippen LogP contribution in [0.2, 0.25) is 0 Å². The van der Waals surface area contributed by atoms with Gasteiger partial charge in [-0.1, -0.05) is 20.8 Å². The Kier molecular flexibility index (Phi) is 4.01. The van der Waals surface area contributed by atoms with Crippen LogP contribution in [-0.2, 0) is 4.79 Å². The molecular formula is C12H22N2O3. The molecule has 0 aromatic carbocycles. The molecule has 5 nitrogen and oxygen atoms in total. The van der Waals surface area contributed by atoms with E-state index in [4.69, 9.17) is 5.11 Å². The van der Waals surface area contributed by atoms with Crippen LogP contribution in [-0.4, -0.2) is 41.1 Å². The average Bonchev–Trinajstić information content (AvgIpc) is 2.08. The van der Waals surface area contributed by atoms with Crippen LogP contribution in [0.4, 0.5) is 4.79 Å². The van der Waals surface area contributed by atoms with Crippen molar-refractivity contribution in [2.45, 2.75) is 52.1 Å². The number of carboxylic acid groups (broad SMARTS) is 1. The monoisotopic (exact) mass is 242 g/mol. The zero-order valence-electron chi connectivity index (χ0n) is 11.0. The normalized spacial score (nSPS) is 18.1. The number of nitrogens with one attached hydrogen (secondary N) is 1. The molecule has 0 bridgehead atoms. The maximum Gasteiger partial charge on any atom is 0.326 e. The van der Waals surface area contributed by atoms with E-state index in [1.54, 1.807) is 32.7 Å². The fourth-order valence-corrected chi connectivity index (χ4v) is 1.81. The standard InChI is InChI=1S/C12H22N2O3/c1-12(2,3)9(10(15)16)13-11(17)14(4)8-6-5-7-8/h8-9H,5-7H2,1-4H3,(H,13,17)(H,15,16)/t9-/m1/s1. The van der Waals surface area contributed by atoms with E-state index in [0.29, 0.717) is 0 Å². The molecule has 1 aliphatic rings. The number of carbonyl (C=O) groups is 2. The second-order valence-electron chi connectivity index (χ2n) is 5.78. The molecule has 0 aliphatic heterocycles. The quantitative estimate of drug-likeness (QED) is 0.791. The SMILES string of the molecule is CN(C(=O)N[C@H](C(=O)O)C(C)(C)C)C1CCC1. The summed E-state index contributed by atoms with van der Waals surface area (Å²) in [6.07, 6.45) is 3.16. The molecule has 98 valence electrons. The Balaban J connectivity index is 2.60. The Morgan fingerprint density at radius 1 is 1.35 bits per heavy atom. The fourth-order valence-electron chi connectivity index (χ4n) is 1.81.